The predicted molar refractivity (Wildman–Crippen MR) is 76.1 cm³/mol. The first-order valence-corrected chi connectivity index (χ1v) is 7.60. The molecule has 6 heteroatoms. The summed E-state index contributed by atoms with van der Waals surface area (Å²) in [5.41, 5.74) is 0. The van der Waals surface area contributed by atoms with Gasteiger partial charge in [0, 0.05) is 12.4 Å². The second-order valence-corrected chi connectivity index (χ2v) is 4.72. The molecule has 0 N–H and O–H groups in total. The molecule has 1 aliphatic rings. The van der Waals surface area contributed by atoms with E-state index in [9.17, 15) is 0 Å². The van der Waals surface area contributed by atoms with E-state index in [0.717, 1.165) is 25.2 Å². The summed E-state index contributed by atoms with van der Waals surface area (Å²) in [5, 5.41) is 0. The van der Waals surface area contributed by atoms with Gasteiger partial charge in [0.05, 0.1) is 59.0 Å². The second-order valence-electron chi connectivity index (χ2n) is 4.27. The summed E-state index contributed by atoms with van der Waals surface area (Å²) >= 11 is 4.04. The van der Waals surface area contributed by atoms with Crippen LogP contribution in [0.4, 0.5) is 0 Å². The van der Waals surface area contributed by atoms with Gasteiger partial charge >= 0.3 is 0 Å². The van der Waals surface area contributed by atoms with E-state index in [0.29, 0.717) is 59.0 Å². The zero-order chi connectivity index (χ0) is 13.6. The van der Waals surface area contributed by atoms with E-state index >= 15 is 0 Å². The van der Waals surface area contributed by atoms with Crippen molar-refractivity contribution in [1.29, 1.82) is 0 Å². The van der Waals surface area contributed by atoms with Crippen LogP contribution in [0, 0.1) is 0 Å². The highest BCUT2D eigenvalue weighted by Gasteiger charge is 2.14. The van der Waals surface area contributed by atoms with Gasteiger partial charge in [-0.3, -0.25) is 0 Å². The fourth-order valence-corrected chi connectivity index (χ4v) is 1.84. The molecule has 0 amide bonds. The maximum absolute atomic E-state index is 5.47. The Hall–Kier alpha value is 0.150. The summed E-state index contributed by atoms with van der Waals surface area (Å²) in [5.74, 6) is 0.745. The zero-order valence-electron chi connectivity index (χ0n) is 11.6. The van der Waals surface area contributed by atoms with E-state index in [2.05, 4.69) is 12.6 Å². The Morgan fingerprint density at radius 2 is 1.42 bits per heavy atom. The van der Waals surface area contributed by atoms with Crippen LogP contribution < -0.4 is 0 Å². The van der Waals surface area contributed by atoms with E-state index < -0.39 is 0 Å². The standard InChI is InChI=1S/C13H26O5S/c19-11-10-16-7-6-14-4-5-15-8-9-17-12-13-2-1-3-18-13/h13,19H,1-12H2. The Bertz CT molecular complexity index is 188. The fraction of sp³-hybridized carbons (Fsp3) is 1.00. The van der Waals surface area contributed by atoms with Crippen molar-refractivity contribution < 1.29 is 23.7 Å². The first-order valence-electron chi connectivity index (χ1n) is 6.97. The third-order valence-electron chi connectivity index (χ3n) is 2.68. The minimum atomic E-state index is 0.292. The molecule has 0 radical (unpaired) electrons. The van der Waals surface area contributed by atoms with Gasteiger partial charge in [-0.1, -0.05) is 0 Å². The SMILES string of the molecule is SCCOCCOCCOCCOCC1CCCO1. The fourth-order valence-electron chi connectivity index (χ4n) is 1.71. The highest BCUT2D eigenvalue weighted by molar-refractivity contribution is 7.80. The lowest BCUT2D eigenvalue weighted by atomic mass is 10.2. The van der Waals surface area contributed by atoms with Gasteiger partial charge in [-0.15, -0.1) is 0 Å². The van der Waals surface area contributed by atoms with E-state index in [4.69, 9.17) is 23.7 Å². The van der Waals surface area contributed by atoms with Crippen molar-refractivity contribution in [2.45, 2.75) is 18.9 Å². The lowest BCUT2D eigenvalue weighted by molar-refractivity contribution is -0.0213. The minimum Gasteiger partial charge on any atom is -0.378 e. The molecular formula is C13H26O5S. The maximum Gasteiger partial charge on any atom is 0.0809 e. The molecular weight excluding hydrogens is 268 g/mol. The Morgan fingerprint density at radius 1 is 0.842 bits per heavy atom. The molecule has 1 fully saturated rings. The molecule has 1 saturated heterocycles. The van der Waals surface area contributed by atoms with E-state index in [1.807, 2.05) is 0 Å². The molecule has 0 bridgehead atoms. The average molecular weight is 294 g/mol. The number of thiol groups is 1. The molecule has 0 aliphatic carbocycles. The normalized spacial score (nSPS) is 19.1. The molecule has 1 atom stereocenters. The van der Waals surface area contributed by atoms with E-state index in [-0.39, 0.29) is 0 Å². The van der Waals surface area contributed by atoms with Crippen LogP contribution in [0.3, 0.4) is 0 Å². The van der Waals surface area contributed by atoms with Gasteiger partial charge in [0.1, 0.15) is 0 Å². The van der Waals surface area contributed by atoms with Crippen LogP contribution in [0.25, 0.3) is 0 Å². The number of hydrogen-bond acceptors (Lipinski definition) is 6. The van der Waals surface area contributed by atoms with Crippen LogP contribution in [0.5, 0.6) is 0 Å². The van der Waals surface area contributed by atoms with Crippen LogP contribution in [-0.4, -0.2) is 71.3 Å². The topological polar surface area (TPSA) is 46.2 Å². The van der Waals surface area contributed by atoms with E-state index in [1.165, 1.54) is 0 Å². The average Bonchev–Trinajstić information content (AvgIpc) is 2.93. The second kappa shape index (κ2) is 13.1. The molecule has 19 heavy (non-hydrogen) atoms. The summed E-state index contributed by atoms with van der Waals surface area (Å²) in [6.45, 7) is 5.85. The number of hydrogen-bond donors (Lipinski definition) is 1. The van der Waals surface area contributed by atoms with Gasteiger partial charge in [-0.05, 0) is 12.8 Å². The summed E-state index contributed by atoms with van der Waals surface area (Å²) in [7, 11) is 0. The van der Waals surface area contributed by atoms with E-state index in [1.54, 1.807) is 0 Å². The summed E-state index contributed by atoms with van der Waals surface area (Å²) < 4.78 is 26.9. The van der Waals surface area contributed by atoms with Gasteiger partial charge in [0.2, 0.25) is 0 Å². The molecule has 0 aromatic carbocycles. The Kier molecular flexibility index (Phi) is 11.9. The largest absolute Gasteiger partial charge is 0.378 e. The minimum absolute atomic E-state index is 0.292. The molecule has 1 aliphatic heterocycles. The van der Waals surface area contributed by atoms with Crippen LogP contribution in [-0.2, 0) is 23.7 Å². The van der Waals surface area contributed by atoms with Gasteiger partial charge in [-0.25, -0.2) is 0 Å². The first-order chi connectivity index (χ1) is 9.43. The lowest BCUT2D eigenvalue weighted by Crippen LogP contribution is -2.17. The molecule has 0 saturated carbocycles. The molecule has 0 aromatic heterocycles. The highest BCUT2D eigenvalue weighted by atomic mass is 32.1. The first kappa shape index (κ1) is 17.2. The summed E-state index contributed by atoms with van der Waals surface area (Å²) in [6, 6.07) is 0. The predicted octanol–water partition coefficient (Wildman–Crippen LogP) is 1.16. The van der Waals surface area contributed by atoms with Crippen molar-refractivity contribution in [2.75, 3.05) is 65.2 Å². The third-order valence-corrected chi connectivity index (χ3v) is 2.86. The van der Waals surface area contributed by atoms with Gasteiger partial charge in [-0.2, -0.15) is 12.6 Å². The van der Waals surface area contributed by atoms with Crippen LogP contribution >= 0.6 is 12.6 Å². The van der Waals surface area contributed by atoms with Crippen molar-refractivity contribution in [3.8, 4) is 0 Å². The zero-order valence-corrected chi connectivity index (χ0v) is 12.4. The van der Waals surface area contributed by atoms with Gasteiger partial charge in [0.15, 0.2) is 0 Å². The highest BCUT2D eigenvalue weighted by Crippen LogP contribution is 2.11. The Morgan fingerprint density at radius 3 is 1.95 bits per heavy atom. The van der Waals surface area contributed by atoms with Crippen LogP contribution in [0.2, 0.25) is 0 Å². The van der Waals surface area contributed by atoms with Crippen molar-refractivity contribution in [1.82, 2.24) is 0 Å². The molecule has 1 rings (SSSR count). The summed E-state index contributed by atoms with van der Waals surface area (Å²) in [4.78, 5) is 0. The number of ether oxygens (including phenoxy) is 5. The maximum atomic E-state index is 5.47. The molecule has 114 valence electrons. The monoisotopic (exact) mass is 294 g/mol. The smallest absolute Gasteiger partial charge is 0.0809 e. The van der Waals surface area contributed by atoms with Crippen molar-refractivity contribution in [3.05, 3.63) is 0 Å². The summed E-state index contributed by atoms with van der Waals surface area (Å²) in [6.07, 6.45) is 2.56. The number of rotatable bonds is 13. The van der Waals surface area contributed by atoms with Crippen molar-refractivity contribution in [3.63, 3.8) is 0 Å². The third kappa shape index (κ3) is 10.6. The molecule has 5 nitrogen and oxygen atoms in total. The molecule has 1 unspecified atom stereocenters. The van der Waals surface area contributed by atoms with Gasteiger partial charge in [0.25, 0.3) is 0 Å². The molecule has 1 heterocycles. The Labute approximate surface area is 121 Å². The van der Waals surface area contributed by atoms with Gasteiger partial charge < -0.3 is 23.7 Å². The molecule has 0 aromatic rings. The van der Waals surface area contributed by atoms with Crippen LogP contribution in [0.1, 0.15) is 12.8 Å². The van der Waals surface area contributed by atoms with Crippen LogP contribution in [0.15, 0.2) is 0 Å². The quantitative estimate of drug-likeness (QED) is 0.408. The lowest BCUT2D eigenvalue weighted by Gasteiger charge is -2.10. The van der Waals surface area contributed by atoms with Crippen molar-refractivity contribution in [2.24, 2.45) is 0 Å². The van der Waals surface area contributed by atoms with Crippen molar-refractivity contribution >= 4 is 12.6 Å². The molecule has 0 spiro atoms. The Balaban J connectivity index is 1.67.